The maximum absolute atomic E-state index is 15.1. The molecule has 12 heteroatoms. The number of oxime groups is 1. The lowest BCUT2D eigenvalue weighted by Gasteiger charge is -2.27. The van der Waals surface area contributed by atoms with Crippen LogP contribution in [0.2, 0.25) is 0 Å². The first kappa shape index (κ1) is 25.5. The van der Waals surface area contributed by atoms with Crippen LogP contribution in [0.5, 0.6) is 0 Å². The van der Waals surface area contributed by atoms with Crippen LogP contribution in [0.4, 0.5) is 13.2 Å². The number of pyridine rings is 1. The lowest BCUT2D eigenvalue weighted by Crippen LogP contribution is -2.34. The number of nitriles is 1. The number of nitrogens with zero attached hydrogens (tertiary/aromatic N) is 3. The molecule has 0 bridgehead atoms. The minimum absolute atomic E-state index is 0.0297. The first-order valence-electron chi connectivity index (χ1n) is 10.1. The molecular formula is C21H26F3N7O2. The molecule has 2 unspecified atom stereocenters. The maximum Gasteiger partial charge on any atom is 0.306 e. The molecule has 178 valence electrons. The molecule has 1 heterocycles. The van der Waals surface area contributed by atoms with Crippen molar-refractivity contribution >= 4 is 11.9 Å². The predicted octanol–water partition coefficient (Wildman–Crippen LogP) is 1.68. The van der Waals surface area contributed by atoms with Crippen molar-refractivity contribution in [2.45, 2.75) is 26.2 Å². The molecule has 1 aromatic rings. The topological polar surface area (TPSA) is 151 Å². The first-order valence-corrected chi connectivity index (χ1v) is 10.1. The van der Waals surface area contributed by atoms with Gasteiger partial charge in [0.15, 0.2) is 0 Å². The fourth-order valence-corrected chi connectivity index (χ4v) is 3.15. The normalized spacial score (nSPS) is 18.1. The number of allylic oxidation sites excluding steroid dienone is 2. The highest BCUT2D eigenvalue weighted by atomic mass is 19.3. The summed E-state index contributed by atoms with van der Waals surface area (Å²) in [5.41, 5.74) is 10.2. The molecule has 0 fully saturated rings. The van der Waals surface area contributed by atoms with E-state index in [1.54, 1.807) is 13.8 Å². The van der Waals surface area contributed by atoms with E-state index in [9.17, 15) is 18.8 Å². The van der Waals surface area contributed by atoms with Crippen LogP contribution in [0.15, 0.2) is 46.7 Å². The maximum atomic E-state index is 15.1. The highest BCUT2D eigenvalue weighted by Crippen LogP contribution is 2.36. The molecule has 0 saturated heterocycles. The lowest BCUT2D eigenvalue weighted by atomic mass is 9.81. The third kappa shape index (κ3) is 7.13. The molecule has 2 atom stereocenters. The summed E-state index contributed by atoms with van der Waals surface area (Å²) in [7, 11) is 0. The fourth-order valence-electron chi connectivity index (χ4n) is 3.15. The zero-order valence-electron chi connectivity index (χ0n) is 18.2. The minimum atomic E-state index is -3.36. The van der Waals surface area contributed by atoms with E-state index in [1.165, 1.54) is 24.4 Å². The molecule has 6 N–H and O–H groups in total. The van der Waals surface area contributed by atoms with Crippen molar-refractivity contribution in [2.24, 2.45) is 28.5 Å². The molecule has 0 radical (unpaired) electrons. The van der Waals surface area contributed by atoms with Gasteiger partial charge in [-0.2, -0.15) is 14.0 Å². The number of hydrogen-bond donors (Lipinski definition) is 4. The largest absolute Gasteiger partial charge is 0.391 e. The van der Waals surface area contributed by atoms with Crippen LogP contribution in [-0.2, 0) is 15.6 Å². The SMILES string of the molecule is Cc1ccc(C(F)(F)CNC2=CC(C)C(C#N)C(CC(=O)NCCON=C(N)N)=C2F)nc1. The molecule has 0 spiro atoms. The quantitative estimate of drug-likeness (QED) is 0.178. The smallest absolute Gasteiger partial charge is 0.306 e. The van der Waals surface area contributed by atoms with E-state index in [4.69, 9.17) is 16.3 Å². The predicted molar refractivity (Wildman–Crippen MR) is 115 cm³/mol. The van der Waals surface area contributed by atoms with Gasteiger partial charge in [0.05, 0.1) is 37.2 Å². The highest BCUT2D eigenvalue weighted by molar-refractivity contribution is 5.79. The average molecular weight is 465 g/mol. The number of nitrogens with one attached hydrogen (secondary N) is 2. The Balaban J connectivity index is 2.08. The molecule has 1 amide bonds. The van der Waals surface area contributed by atoms with Crippen LogP contribution < -0.4 is 22.1 Å². The van der Waals surface area contributed by atoms with Gasteiger partial charge >= 0.3 is 5.92 Å². The molecule has 0 aliphatic heterocycles. The number of rotatable bonds is 10. The Morgan fingerprint density at radius 2 is 2.12 bits per heavy atom. The van der Waals surface area contributed by atoms with Gasteiger partial charge in [-0.1, -0.05) is 19.1 Å². The van der Waals surface area contributed by atoms with E-state index >= 15 is 4.39 Å². The minimum Gasteiger partial charge on any atom is -0.391 e. The van der Waals surface area contributed by atoms with Gasteiger partial charge in [-0.25, -0.2) is 4.39 Å². The van der Waals surface area contributed by atoms with Crippen molar-refractivity contribution < 1.29 is 22.8 Å². The number of halogens is 3. The van der Waals surface area contributed by atoms with Gasteiger partial charge in [0.2, 0.25) is 11.9 Å². The Bertz CT molecular complexity index is 981. The van der Waals surface area contributed by atoms with Crippen LogP contribution in [-0.4, -0.2) is 36.5 Å². The Kier molecular flexibility index (Phi) is 8.67. The zero-order valence-corrected chi connectivity index (χ0v) is 18.2. The van der Waals surface area contributed by atoms with Gasteiger partial charge in [-0.15, -0.1) is 0 Å². The second-order valence-corrected chi connectivity index (χ2v) is 7.54. The number of amides is 1. The van der Waals surface area contributed by atoms with E-state index in [0.29, 0.717) is 0 Å². The molecule has 1 aromatic heterocycles. The van der Waals surface area contributed by atoms with Crippen molar-refractivity contribution in [1.82, 2.24) is 15.6 Å². The summed E-state index contributed by atoms with van der Waals surface area (Å²) in [5, 5.41) is 17.6. The number of alkyl halides is 2. The summed E-state index contributed by atoms with van der Waals surface area (Å²) in [4.78, 5) is 20.7. The number of carbonyl (C=O) groups excluding carboxylic acids is 1. The number of aryl methyl sites for hydroxylation is 1. The Labute approximate surface area is 189 Å². The fraction of sp³-hybridized carbons (Fsp3) is 0.429. The van der Waals surface area contributed by atoms with Crippen molar-refractivity contribution in [1.29, 1.82) is 5.26 Å². The Morgan fingerprint density at radius 1 is 1.39 bits per heavy atom. The van der Waals surface area contributed by atoms with E-state index in [-0.39, 0.29) is 30.4 Å². The van der Waals surface area contributed by atoms with Crippen LogP contribution >= 0.6 is 0 Å². The van der Waals surface area contributed by atoms with E-state index in [2.05, 4.69) is 20.8 Å². The highest BCUT2D eigenvalue weighted by Gasteiger charge is 2.36. The van der Waals surface area contributed by atoms with Crippen molar-refractivity contribution in [3.05, 3.63) is 52.8 Å². The number of aromatic nitrogens is 1. The van der Waals surface area contributed by atoms with Gasteiger partial charge in [0.25, 0.3) is 0 Å². The number of hydrogen-bond acceptors (Lipinski definition) is 6. The van der Waals surface area contributed by atoms with E-state index in [0.717, 1.165) is 5.56 Å². The van der Waals surface area contributed by atoms with Crippen LogP contribution in [0.25, 0.3) is 0 Å². The van der Waals surface area contributed by atoms with Gasteiger partial charge < -0.3 is 26.9 Å². The second-order valence-electron chi connectivity index (χ2n) is 7.54. The zero-order chi connectivity index (χ0) is 24.6. The molecule has 0 saturated carbocycles. The Morgan fingerprint density at radius 3 is 2.73 bits per heavy atom. The first-order chi connectivity index (χ1) is 15.5. The lowest BCUT2D eigenvalue weighted by molar-refractivity contribution is -0.120. The summed E-state index contributed by atoms with van der Waals surface area (Å²) in [6.07, 6.45) is 2.26. The van der Waals surface area contributed by atoms with Crippen LogP contribution in [0, 0.1) is 30.1 Å². The summed E-state index contributed by atoms with van der Waals surface area (Å²) in [6, 6.07) is 4.69. The summed E-state index contributed by atoms with van der Waals surface area (Å²) < 4.78 is 44.2. The van der Waals surface area contributed by atoms with Gasteiger partial charge in [-0.3, -0.25) is 9.78 Å². The standard InChI is InChI=1S/C21H26F3N7O2/c1-12-3-4-17(29-10-12)21(23,24)11-30-16-7-13(2)15(9-25)14(19(16)22)8-18(32)28-5-6-33-31-20(26)27/h3-4,7,10,13,15,30H,5-6,8,11H2,1-2H3,(H,28,32)(H4,26,27,31). The van der Waals surface area contributed by atoms with Crippen molar-refractivity contribution in [2.75, 3.05) is 19.7 Å². The molecule has 2 rings (SSSR count). The number of nitrogens with two attached hydrogens (primary N) is 2. The molecule has 0 aromatic carbocycles. The summed E-state index contributed by atoms with van der Waals surface area (Å²) in [5.74, 6) is -6.54. The average Bonchev–Trinajstić information content (AvgIpc) is 2.75. The van der Waals surface area contributed by atoms with Gasteiger partial charge in [-0.05, 0) is 35.2 Å². The summed E-state index contributed by atoms with van der Waals surface area (Å²) >= 11 is 0. The summed E-state index contributed by atoms with van der Waals surface area (Å²) in [6.45, 7) is 2.46. The van der Waals surface area contributed by atoms with Gasteiger partial charge in [0, 0.05) is 6.20 Å². The monoisotopic (exact) mass is 465 g/mol. The molecule has 1 aliphatic carbocycles. The third-order valence-electron chi connectivity index (χ3n) is 4.81. The van der Waals surface area contributed by atoms with E-state index < -0.39 is 48.2 Å². The Hall–Kier alpha value is -3.75. The number of carbonyl (C=O) groups is 1. The van der Waals surface area contributed by atoms with Crippen molar-refractivity contribution in [3.8, 4) is 6.07 Å². The van der Waals surface area contributed by atoms with Crippen LogP contribution in [0.1, 0.15) is 24.6 Å². The second kappa shape index (κ2) is 11.2. The van der Waals surface area contributed by atoms with Crippen molar-refractivity contribution in [3.63, 3.8) is 0 Å². The van der Waals surface area contributed by atoms with Gasteiger partial charge in [0.1, 0.15) is 18.1 Å². The molecule has 33 heavy (non-hydrogen) atoms. The van der Waals surface area contributed by atoms with Crippen LogP contribution in [0.3, 0.4) is 0 Å². The third-order valence-corrected chi connectivity index (χ3v) is 4.81. The molecule has 1 aliphatic rings. The molecule has 9 nitrogen and oxygen atoms in total. The number of guanidine groups is 1. The molecular weight excluding hydrogens is 439 g/mol. The van der Waals surface area contributed by atoms with E-state index in [1.807, 2.05) is 6.07 Å².